The number of amides is 1. The van der Waals surface area contributed by atoms with Crippen molar-refractivity contribution in [2.24, 2.45) is 0 Å². The van der Waals surface area contributed by atoms with Gasteiger partial charge in [-0.15, -0.1) is 0 Å². The van der Waals surface area contributed by atoms with Crippen molar-refractivity contribution >= 4 is 40.3 Å². The molecule has 152 valence electrons. The van der Waals surface area contributed by atoms with Crippen LogP contribution in [0.4, 0.5) is 0 Å². The molecule has 4 nitrogen and oxygen atoms in total. The number of fused-ring (bicyclic) bond motifs is 1. The van der Waals surface area contributed by atoms with Gasteiger partial charge in [0.05, 0.1) is 23.3 Å². The first-order valence-electron chi connectivity index (χ1n) is 9.73. The molecular formula is C24H22ClN3OS. The largest absolute Gasteiger partial charge is 0.351 e. The van der Waals surface area contributed by atoms with Gasteiger partial charge >= 0.3 is 0 Å². The number of carbonyl (C=O) groups is 1. The molecule has 4 aromatic rings. The lowest BCUT2D eigenvalue weighted by molar-refractivity contribution is -0.118. The number of nitrogens with one attached hydrogen (secondary N) is 1. The number of hydrogen-bond donors (Lipinski definition) is 1. The molecule has 1 amide bonds. The van der Waals surface area contributed by atoms with Crippen LogP contribution in [0.3, 0.4) is 0 Å². The van der Waals surface area contributed by atoms with E-state index in [-0.39, 0.29) is 5.91 Å². The molecule has 1 heterocycles. The first-order valence-corrected chi connectivity index (χ1v) is 11.1. The number of nitrogens with zero attached hydrogens (tertiary/aromatic N) is 2. The highest BCUT2D eigenvalue weighted by molar-refractivity contribution is 7.99. The van der Waals surface area contributed by atoms with E-state index in [0.717, 1.165) is 21.8 Å². The van der Waals surface area contributed by atoms with Gasteiger partial charge in [-0.25, -0.2) is 4.98 Å². The second-order valence-corrected chi connectivity index (χ2v) is 8.53. The van der Waals surface area contributed by atoms with Crippen molar-refractivity contribution in [1.29, 1.82) is 0 Å². The van der Waals surface area contributed by atoms with Gasteiger partial charge < -0.3 is 9.88 Å². The molecule has 0 saturated carbocycles. The SMILES string of the molecule is Cc1ccc(CNC(=O)CSc2nc3cc(Cl)ccc3n2Cc2ccccc2)cc1. The molecule has 0 radical (unpaired) electrons. The maximum absolute atomic E-state index is 12.4. The third-order valence-electron chi connectivity index (χ3n) is 4.80. The normalized spacial score (nSPS) is 11.0. The fourth-order valence-corrected chi connectivity index (χ4v) is 4.21. The summed E-state index contributed by atoms with van der Waals surface area (Å²) in [6.45, 7) is 3.26. The van der Waals surface area contributed by atoms with E-state index in [1.807, 2.05) is 67.6 Å². The van der Waals surface area contributed by atoms with Crippen LogP contribution >= 0.6 is 23.4 Å². The highest BCUT2D eigenvalue weighted by atomic mass is 35.5. The van der Waals surface area contributed by atoms with Crippen molar-refractivity contribution < 1.29 is 4.79 Å². The summed E-state index contributed by atoms with van der Waals surface area (Å²) in [5.41, 5.74) is 5.31. The van der Waals surface area contributed by atoms with E-state index >= 15 is 0 Å². The number of benzene rings is 3. The van der Waals surface area contributed by atoms with Crippen molar-refractivity contribution in [2.45, 2.75) is 25.2 Å². The van der Waals surface area contributed by atoms with Gasteiger partial charge in [0.2, 0.25) is 5.91 Å². The molecule has 1 N–H and O–H groups in total. The molecule has 0 fully saturated rings. The van der Waals surface area contributed by atoms with Crippen LogP contribution in [-0.4, -0.2) is 21.2 Å². The fourth-order valence-electron chi connectivity index (χ4n) is 3.20. The number of thioether (sulfide) groups is 1. The third kappa shape index (κ3) is 5.04. The molecule has 0 saturated heterocycles. The monoisotopic (exact) mass is 435 g/mol. The minimum atomic E-state index is -0.0167. The molecule has 0 bridgehead atoms. The minimum Gasteiger partial charge on any atom is -0.351 e. The fraction of sp³-hybridized carbons (Fsp3) is 0.167. The van der Waals surface area contributed by atoms with Crippen molar-refractivity contribution in [3.63, 3.8) is 0 Å². The Morgan fingerprint density at radius 3 is 2.57 bits per heavy atom. The average molecular weight is 436 g/mol. The first-order chi connectivity index (χ1) is 14.6. The summed E-state index contributed by atoms with van der Waals surface area (Å²) in [5, 5.41) is 4.44. The Kier molecular flexibility index (Phi) is 6.41. The molecule has 4 rings (SSSR count). The molecule has 6 heteroatoms. The van der Waals surface area contributed by atoms with Gasteiger partial charge in [0.15, 0.2) is 5.16 Å². The second-order valence-electron chi connectivity index (χ2n) is 7.15. The van der Waals surface area contributed by atoms with Crippen molar-refractivity contribution in [3.05, 3.63) is 94.5 Å². The molecule has 0 aliphatic rings. The number of imidazole rings is 1. The van der Waals surface area contributed by atoms with Crippen LogP contribution in [0.2, 0.25) is 5.02 Å². The maximum Gasteiger partial charge on any atom is 0.230 e. The van der Waals surface area contributed by atoms with E-state index in [9.17, 15) is 4.79 Å². The summed E-state index contributed by atoms with van der Waals surface area (Å²) in [4.78, 5) is 17.1. The smallest absolute Gasteiger partial charge is 0.230 e. The third-order valence-corrected chi connectivity index (χ3v) is 6.01. The number of aromatic nitrogens is 2. The highest BCUT2D eigenvalue weighted by Crippen LogP contribution is 2.27. The Morgan fingerprint density at radius 1 is 1.03 bits per heavy atom. The molecule has 0 atom stereocenters. The predicted molar refractivity (Wildman–Crippen MR) is 124 cm³/mol. The summed E-state index contributed by atoms with van der Waals surface area (Å²) in [5.74, 6) is 0.287. The van der Waals surface area contributed by atoms with Crippen LogP contribution in [0.5, 0.6) is 0 Å². The lowest BCUT2D eigenvalue weighted by Crippen LogP contribution is -2.24. The van der Waals surface area contributed by atoms with Crippen molar-refractivity contribution in [1.82, 2.24) is 14.9 Å². The summed E-state index contributed by atoms with van der Waals surface area (Å²) >= 11 is 7.60. The standard InChI is InChI=1S/C24H22ClN3OS/c1-17-7-9-18(10-8-17)14-26-23(29)16-30-24-27-21-13-20(25)11-12-22(21)28(24)15-19-5-3-2-4-6-19/h2-13H,14-16H2,1H3,(H,26,29). The van der Waals surface area contributed by atoms with Gasteiger partial charge in [-0.05, 0) is 36.2 Å². The van der Waals surface area contributed by atoms with Gasteiger partial charge in [-0.2, -0.15) is 0 Å². The topological polar surface area (TPSA) is 46.9 Å². The van der Waals surface area contributed by atoms with E-state index in [0.29, 0.717) is 23.9 Å². The van der Waals surface area contributed by atoms with Gasteiger partial charge in [0.25, 0.3) is 0 Å². The van der Waals surface area contributed by atoms with Gasteiger partial charge in [-0.1, -0.05) is 83.5 Å². The zero-order valence-corrected chi connectivity index (χ0v) is 18.2. The summed E-state index contributed by atoms with van der Waals surface area (Å²) in [7, 11) is 0. The van der Waals surface area contributed by atoms with Gasteiger partial charge in [0.1, 0.15) is 0 Å². The quantitative estimate of drug-likeness (QED) is 0.392. The Bertz CT molecular complexity index is 1160. The van der Waals surface area contributed by atoms with Crippen LogP contribution in [0.15, 0.2) is 78.0 Å². The lowest BCUT2D eigenvalue weighted by atomic mass is 10.1. The molecule has 30 heavy (non-hydrogen) atoms. The van der Waals surface area contributed by atoms with E-state index in [1.54, 1.807) is 0 Å². The average Bonchev–Trinajstić information content (AvgIpc) is 3.09. The number of hydrogen-bond acceptors (Lipinski definition) is 3. The minimum absolute atomic E-state index is 0.0167. The zero-order valence-electron chi connectivity index (χ0n) is 16.6. The van der Waals surface area contributed by atoms with Crippen LogP contribution in [0.25, 0.3) is 11.0 Å². The predicted octanol–water partition coefficient (Wildman–Crippen LogP) is 5.45. The molecular weight excluding hydrogens is 414 g/mol. The summed E-state index contributed by atoms with van der Waals surface area (Å²) in [6, 6.07) is 24.1. The highest BCUT2D eigenvalue weighted by Gasteiger charge is 2.14. The van der Waals surface area contributed by atoms with Crippen molar-refractivity contribution in [2.75, 3.05) is 5.75 Å². The van der Waals surface area contributed by atoms with Gasteiger partial charge in [-0.3, -0.25) is 4.79 Å². The van der Waals surface area contributed by atoms with Crippen LogP contribution in [0, 0.1) is 6.92 Å². The Morgan fingerprint density at radius 2 is 1.80 bits per heavy atom. The Hall–Kier alpha value is -2.76. The number of carbonyl (C=O) groups excluding carboxylic acids is 1. The van der Waals surface area contributed by atoms with Crippen LogP contribution < -0.4 is 5.32 Å². The van der Waals surface area contributed by atoms with Crippen LogP contribution in [-0.2, 0) is 17.9 Å². The summed E-state index contributed by atoms with van der Waals surface area (Å²) in [6.07, 6.45) is 0. The molecule has 0 unspecified atom stereocenters. The molecule has 0 aliphatic carbocycles. The lowest BCUT2D eigenvalue weighted by Gasteiger charge is -2.10. The second kappa shape index (κ2) is 9.37. The number of aryl methyl sites for hydroxylation is 1. The van der Waals surface area contributed by atoms with Gasteiger partial charge in [0, 0.05) is 11.6 Å². The Balaban J connectivity index is 1.47. The van der Waals surface area contributed by atoms with Crippen molar-refractivity contribution in [3.8, 4) is 0 Å². The van der Waals surface area contributed by atoms with E-state index < -0.39 is 0 Å². The first kappa shape index (κ1) is 20.5. The zero-order chi connectivity index (χ0) is 20.9. The summed E-state index contributed by atoms with van der Waals surface area (Å²) < 4.78 is 2.14. The van der Waals surface area contributed by atoms with Crippen LogP contribution in [0.1, 0.15) is 16.7 Å². The number of halogens is 1. The van der Waals surface area contributed by atoms with E-state index in [2.05, 4.69) is 22.0 Å². The van der Waals surface area contributed by atoms with E-state index in [4.69, 9.17) is 16.6 Å². The number of rotatable bonds is 7. The van der Waals surface area contributed by atoms with E-state index in [1.165, 1.54) is 22.9 Å². The Labute approximate surface area is 185 Å². The molecule has 0 aliphatic heterocycles. The molecule has 0 spiro atoms. The molecule has 3 aromatic carbocycles. The maximum atomic E-state index is 12.4. The molecule has 1 aromatic heterocycles.